The lowest BCUT2D eigenvalue weighted by atomic mass is 10.00. The van der Waals surface area contributed by atoms with Gasteiger partial charge < -0.3 is 18.7 Å². The summed E-state index contributed by atoms with van der Waals surface area (Å²) in [4.78, 5) is 31.8. The predicted molar refractivity (Wildman–Crippen MR) is 112 cm³/mol. The summed E-state index contributed by atoms with van der Waals surface area (Å²) in [6, 6.07) is 4.48. The van der Waals surface area contributed by atoms with E-state index in [1.807, 2.05) is 12.1 Å². The van der Waals surface area contributed by atoms with Gasteiger partial charge in [0, 0.05) is 13.1 Å². The van der Waals surface area contributed by atoms with Crippen LogP contribution in [0.15, 0.2) is 32.1 Å². The summed E-state index contributed by atoms with van der Waals surface area (Å²) in [6.07, 6.45) is 6.30. The van der Waals surface area contributed by atoms with Crippen LogP contribution in [0.4, 0.5) is 0 Å². The molecule has 0 aliphatic carbocycles. The second kappa shape index (κ2) is 8.47. The Balaban J connectivity index is 1.44. The lowest BCUT2D eigenvalue weighted by Crippen LogP contribution is -2.38. The Morgan fingerprint density at radius 3 is 2.87 bits per heavy atom. The van der Waals surface area contributed by atoms with Crippen LogP contribution in [0.1, 0.15) is 60.2 Å². The van der Waals surface area contributed by atoms with Gasteiger partial charge >= 0.3 is 0 Å². The van der Waals surface area contributed by atoms with Gasteiger partial charge in [-0.2, -0.15) is 0 Å². The van der Waals surface area contributed by atoms with E-state index in [0.29, 0.717) is 17.6 Å². The molecule has 1 atom stereocenters. The standard InChI is InChI=1S/C22H28N4O4/c1-4-15-7-5-6-10-26(15)12-17-9-8-16(30-17)11-23-20(27)18-14(2)29-21-19(18)22(28)25(3)13-24-21/h8-9,13,15H,4-7,10-12H2,1-3H3,(H,23,27). The number of hydrogen-bond donors (Lipinski definition) is 1. The molecule has 0 aromatic carbocycles. The van der Waals surface area contributed by atoms with Gasteiger partial charge in [-0.1, -0.05) is 13.3 Å². The van der Waals surface area contributed by atoms with Crippen molar-refractivity contribution in [1.29, 1.82) is 0 Å². The molecule has 160 valence electrons. The topological polar surface area (TPSA) is 93.5 Å². The molecule has 1 aliphatic heterocycles. The molecule has 1 amide bonds. The van der Waals surface area contributed by atoms with Gasteiger partial charge in [-0.05, 0) is 44.9 Å². The zero-order valence-corrected chi connectivity index (χ0v) is 17.7. The fraction of sp³-hybridized carbons (Fsp3) is 0.500. The number of rotatable bonds is 6. The number of aryl methyl sites for hydroxylation is 2. The van der Waals surface area contributed by atoms with Gasteiger partial charge in [0.25, 0.3) is 11.5 Å². The number of nitrogens with one attached hydrogen (secondary N) is 1. The Bertz CT molecular complexity index is 1110. The molecule has 8 heteroatoms. The van der Waals surface area contributed by atoms with Gasteiger partial charge in [-0.3, -0.25) is 14.5 Å². The third-order valence-corrected chi connectivity index (χ3v) is 5.89. The number of amides is 1. The quantitative estimate of drug-likeness (QED) is 0.669. The van der Waals surface area contributed by atoms with Gasteiger partial charge in [0.05, 0.1) is 18.7 Å². The molecule has 30 heavy (non-hydrogen) atoms. The van der Waals surface area contributed by atoms with Crippen LogP contribution in [0.5, 0.6) is 0 Å². The van der Waals surface area contributed by atoms with Gasteiger partial charge in [-0.15, -0.1) is 0 Å². The van der Waals surface area contributed by atoms with Crippen molar-refractivity contribution < 1.29 is 13.6 Å². The first-order valence-electron chi connectivity index (χ1n) is 10.5. The molecule has 1 N–H and O–H groups in total. The Morgan fingerprint density at radius 2 is 2.07 bits per heavy atom. The molecule has 0 saturated carbocycles. The molecular weight excluding hydrogens is 384 g/mol. The Morgan fingerprint density at radius 1 is 1.27 bits per heavy atom. The summed E-state index contributed by atoms with van der Waals surface area (Å²) in [5, 5.41) is 3.04. The first-order chi connectivity index (χ1) is 14.5. The van der Waals surface area contributed by atoms with Crippen LogP contribution in [0.3, 0.4) is 0 Å². The third-order valence-electron chi connectivity index (χ3n) is 5.89. The molecule has 0 bridgehead atoms. The number of carbonyl (C=O) groups is 1. The lowest BCUT2D eigenvalue weighted by molar-refractivity contribution is 0.0946. The number of nitrogens with zero attached hydrogens (tertiary/aromatic N) is 3. The fourth-order valence-corrected chi connectivity index (χ4v) is 4.25. The predicted octanol–water partition coefficient (Wildman–Crippen LogP) is 3.12. The van der Waals surface area contributed by atoms with Crippen LogP contribution in [0.25, 0.3) is 11.1 Å². The highest BCUT2D eigenvalue weighted by molar-refractivity contribution is 6.06. The number of carbonyl (C=O) groups excluding carboxylic acids is 1. The molecule has 3 aromatic rings. The van der Waals surface area contributed by atoms with Crippen molar-refractivity contribution in [2.24, 2.45) is 7.05 Å². The largest absolute Gasteiger partial charge is 0.463 e. The molecular formula is C22H28N4O4. The summed E-state index contributed by atoms with van der Waals surface area (Å²) in [7, 11) is 1.59. The first-order valence-corrected chi connectivity index (χ1v) is 10.5. The van der Waals surface area contributed by atoms with E-state index in [2.05, 4.69) is 22.1 Å². The minimum atomic E-state index is -0.378. The molecule has 0 radical (unpaired) electrons. The van der Waals surface area contributed by atoms with Crippen LogP contribution in [0, 0.1) is 6.92 Å². The highest BCUT2D eigenvalue weighted by atomic mass is 16.3. The smallest absolute Gasteiger partial charge is 0.265 e. The summed E-state index contributed by atoms with van der Waals surface area (Å²) < 4.78 is 12.8. The van der Waals surface area contributed by atoms with Crippen molar-refractivity contribution >= 4 is 17.0 Å². The molecule has 1 unspecified atom stereocenters. The van der Waals surface area contributed by atoms with Crippen LogP contribution in [-0.2, 0) is 20.1 Å². The molecule has 8 nitrogen and oxygen atoms in total. The summed E-state index contributed by atoms with van der Waals surface area (Å²) in [5.74, 6) is 1.58. The maximum absolute atomic E-state index is 12.8. The van der Waals surface area contributed by atoms with Crippen LogP contribution < -0.4 is 10.9 Å². The Kier molecular flexibility index (Phi) is 5.76. The Labute approximate surface area is 174 Å². The van der Waals surface area contributed by atoms with Gasteiger partial charge in [-0.25, -0.2) is 4.98 Å². The molecule has 4 rings (SSSR count). The van der Waals surface area contributed by atoms with E-state index in [0.717, 1.165) is 25.3 Å². The third kappa shape index (κ3) is 3.92. The molecule has 1 aliphatic rings. The first kappa shape index (κ1) is 20.4. The fourth-order valence-electron chi connectivity index (χ4n) is 4.25. The second-order valence-electron chi connectivity index (χ2n) is 7.95. The summed E-state index contributed by atoms with van der Waals surface area (Å²) in [6.45, 7) is 6.02. The van der Waals surface area contributed by atoms with Crippen molar-refractivity contribution in [3.8, 4) is 0 Å². The van der Waals surface area contributed by atoms with Crippen LogP contribution in [-0.4, -0.2) is 32.9 Å². The van der Waals surface area contributed by atoms with Crippen molar-refractivity contribution in [2.45, 2.75) is 58.7 Å². The molecule has 0 spiro atoms. The van der Waals surface area contributed by atoms with Gasteiger partial charge in [0.2, 0.25) is 5.71 Å². The number of furan rings is 2. The number of aromatic nitrogens is 2. The Hall–Kier alpha value is -2.87. The van der Waals surface area contributed by atoms with Crippen molar-refractivity contribution in [3.63, 3.8) is 0 Å². The second-order valence-corrected chi connectivity index (χ2v) is 7.95. The average Bonchev–Trinajstić information content (AvgIpc) is 3.33. The summed E-state index contributed by atoms with van der Waals surface area (Å²) in [5.41, 5.74) is 0.0897. The number of likely N-dealkylation sites (tertiary alicyclic amines) is 1. The molecule has 1 saturated heterocycles. The maximum atomic E-state index is 12.8. The highest BCUT2D eigenvalue weighted by Gasteiger charge is 2.23. The molecule has 1 fully saturated rings. The van der Waals surface area contributed by atoms with Gasteiger partial charge in [0.15, 0.2) is 0 Å². The molecule has 4 heterocycles. The lowest BCUT2D eigenvalue weighted by Gasteiger charge is -2.34. The number of fused-ring (bicyclic) bond motifs is 1. The van der Waals surface area contributed by atoms with E-state index >= 15 is 0 Å². The maximum Gasteiger partial charge on any atom is 0.265 e. The van der Waals surface area contributed by atoms with E-state index in [1.165, 1.54) is 30.2 Å². The number of hydrogen-bond acceptors (Lipinski definition) is 6. The van der Waals surface area contributed by atoms with E-state index < -0.39 is 0 Å². The van der Waals surface area contributed by atoms with E-state index in [1.54, 1.807) is 14.0 Å². The van der Waals surface area contributed by atoms with Crippen molar-refractivity contribution in [1.82, 2.24) is 19.8 Å². The van der Waals surface area contributed by atoms with Crippen LogP contribution in [0.2, 0.25) is 0 Å². The highest BCUT2D eigenvalue weighted by Crippen LogP contribution is 2.23. The normalized spacial score (nSPS) is 17.5. The van der Waals surface area contributed by atoms with E-state index in [9.17, 15) is 9.59 Å². The number of piperidine rings is 1. The SMILES string of the molecule is CCC1CCCCN1Cc1ccc(CNC(=O)c2c(C)oc3ncn(C)c(=O)c23)o1. The minimum absolute atomic E-state index is 0.174. The average molecular weight is 412 g/mol. The minimum Gasteiger partial charge on any atom is -0.463 e. The van der Waals surface area contributed by atoms with E-state index in [-0.39, 0.29) is 34.7 Å². The van der Waals surface area contributed by atoms with Crippen molar-refractivity contribution in [2.75, 3.05) is 6.54 Å². The zero-order valence-electron chi connectivity index (χ0n) is 17.7. The van der Waals surface area contributed by atoms with E-state index in [4.69, 9.17) is 8.83 Å². The van der Waals surface area contributed by atoms with Crippen molar-refractivity contribution in [3.05, 3.63) is 51.7 Å². The summed E-state index contributed by atoms with van der Waals surface area (Å²) >= 11 is 0. The monoisotopic (exact) mass is 412 g/mol. The van der Waals surface area contributed by atoms with Crippen LogP contribution >= 0.6 is 0 Å². The van der Waals surface area contributed by atoms with Gasteiger partial charge in [0.1, 0.15) is 29.0 Å². The zero-order chi connectivity index (χ0) is 21.3. The molecule has 3 aromatic heterocycles.